The number of allylic oxidation sites excluding steroid dienone is 2. The minimum atomic E-state index is -0.189. The Kier molecular flexibility index (Phi) is 5.46. The molecule has 6 heteroatoms. The van der Waals surface area contributed by atoms with E-state index in [2.05, 4.69) is 21.2 Å². The van der Waals surface area contributed by atoms with Crippen molar-refractivity contribution in [2.45, 2.75) is 31.1 Å². The first-order valence-electron chi connectivity index (χ1n) is 9.53. The number of methoxy groups -OCH3 is 2. The Morgan fingerprint density at radius 1 is 0.897 bits per heavy atom. The Morgan fingerprint density at radius 3 is 2.28 bits per heavy atom. The molecule has 29 heavy (non-hydrogen) atoms. The molecule has 0 radical (unpaired) electrons. The summed E-state index contributed by atoms with van der Waals surface area (Å²) in [7, 11) is 3.19. The smallest absolute Gasteiger partial charge is 0.225 e. The highest BCUT2D eigenvalue weighted by Crippen LogP contribution is 2.43. The van der Waals surface area contributed by atoms with Gasteiger partial charge in [0.25, 0.3) is 0 Å². The number of carbonyl (C=O) groups excluding carboxylic acids is 2. The fourth-order valence-corrected chi connectivity index (χ4v) is 4.55. The van der Waals surface area contributed by atoms with Gasteiger partial charge in [-0.2, -0.15) is 0 Å². The van der Waals surface area contributed by atoms with Gasteiger partial charge in [0.1, 0.15) is 0 Å². The van der Waals surface area contributed by atoms with Gasteiger partial charge in [-0.3, -0.25) is 9.59 Å². The molecular weight excluding hydrogens is 434 g/mol. The lowest BCUT2D eigenvalue weighted by molar-refractivity contribution is -0.122. The van der Waals surface area contributed by atoms with Crippen molar-refractivity contribution in [1.82, 2.24) is 5.32 Å². The van der Waals surface area contributed by atoms with Crippen molar-refractivity contribution in [3.63, 3.8) is 0 Å². The fourth-order valence-electron chi connectivity index (χ4n) is 4.28. The van der Waals surface area contributed by atoms with Crippen LogP contribution in [-0.2, 0) is 9.59 Å². The average molecular weight is 456 g/mol. The van der Waals surface area contributed by atoms with E-state index < -0.39 is 0 Å². The summed E-state index contributed by atoms with van der Waals surface area (Å²) in [5.74, 6) is 1.14. The highest BCUT2D eigenvalue weighted by molar-refractivity contribution is 9.10. The summed E-state index contributed by atoms with van der Waals surface area (Å²) in [6, 6.07) is 13.6. The quantitative estimate of drug-likeness (QED) is 0.738. The lowest BCUT2D eigenvalue weighted by atomic mass is 9.73. The molecule has 0 saturated carbocycles. The molecule has 1 amide bonds. The largest absolute Gasteiger partial charge is 0.493 e. The highest BCUT2D eigenvalue weighted by atomic mass is 79.9. The van der Waals surface area contributed by atoms with E-state index in [1.54, 1.807) is 14.2 Å². The van der Waals surface area contributed by atoms with Crippen molar-refractivity contribution < 1.29 is 19.1 Å². The lowest BCUT2D eigenvalue weighted by Gasteiger charge is -2.34. The van der Waals surface area contributed by atoms with Crippen LogP contribution in [0.1, 0.15) is 42.2 Å². The minimum absolute atomic E-state index is 0.00924. The lowest BCUT2D eigenvalue weighted by Crippen LogP contribution is -2.38. The number of benzene rings is 2. The number of hydrogen-bond acceptors (Lipinski definition) is 4. The van der Waals surface area contributed by atoms with Gasteiger partial charge in [0.05, 0.1) is 14.2 Å². The normalized spacial score (nSPS) is 21.5. The van der Waals surface area contributed by atoms with Crippen LogP contribution in [0.4, 0.5) is 0 Å². The fraction of sp³-hybridized carbons (Fsp3) is 0.304. The number of ether oxygens (including phenoxy) is 2. The number of Topliss-reactive ketones (excluding diaryl/α,β-unsaturated/α-hetero) is 1. The van der Waals surface area contributed by atoms with E-state index in [0.717, 1.165) is 26.9 Å². The molecule has 0 fully saturated rings. The van der Waals surface area contributed by atoms with E-state index >= 15 is 0 Å². The Morgan fingerprint density at radius 2 is 1.59 bits per heavy atom. The number of amides is 1. The van der Waals surface area contributed by atoms with Crippen molar-refractivity contribution in [1.29, 1.82) is 0 Å². The van der Waals surface area contributed by atoms with Gasteiger partial charge in [-0.15, -0.1) is 0 Å². The molecule has 0 bridgehead atoms. The van der Waals surface area contributed by atoms with Gasteiger partial charge in [0.2, 0.25) is 5.91 Å². The van der Waals surface area contributed by atoms with Crippen LogP contribution in [0, 0.1) is 0 Å². The maximum atomic E-state index is 13.2. The molecular formula is C23H22BrNO4. The summed E-state index contributed by atoms with van der Waals surface area (Å²) in [4.78, 5) is 25.6. The third kappa shape index (κ3) is 3.81. The topological polar surface area (TPSA) is 64.6 Å². The molecule has 2 aliphatic rings. The van der Waals surface area contributed by atoms with E-state index in [0.29, 0.717) is 30.8 Å². The Bertz CT molecular complexity index is 996. The molecule has 2 aromatic rings. The van der Waals surface area contributed by atoms with Crippen molar-refractivity contribution in [2.75, 3.05) is 14.2 Å². The van der Waals surface area contributed by atoms with Crippen molar-refractivity contribution in [2.24, 2.45) is 0 Å². The predicted octanol–water partition coefficient (Wildman–Crippen LogP) is 4.47. The summed E-state index contributed by atoms with van der Waals surface area (Å²) >= 11 is 3.44. The molecule has 1 aliphatic heterocycles. The van der Waals surface area contributed by atoms with Gasteiger partial charge < -0.3 is 14.8 Å². The second-order valence-corrected chi connectivity index (χ2v) is 8.31. The zero-order valence-electron chi connectivity index (χ0n) is 16.3. The average Bonchev–Trinajstić information content (AvgIpc) is 2.72. The van der Waals surface area contributed by atoms with Crippen molar-refractivity contribution >= 4 is 27.6 Å². The number of halogens is 1. The highest BCUT2D eigenvalue weighted by Gasteiger charge is 2.38. The molecule has 2 aromatic carbocycles. The van der Waals surface area contributed by atoms with E-state index in [4.69, 9.17) is 9.47 Å². The monoisotopic (exact) mass is 455 g/mol. The Hall–Kier alpha value is -2.60. The molecule has 2 atom stereocenters. The summed E-state index contributed by atoms with van der Waals surface area (Å²) in [5.41, 5.74) is 3.50. The van der Waals surface area contributed by atoms with E-state index in [1.165, 1.54) is 0 Å². The molecule has 1 aliphatic carbocycles. The third-order valence-electron chi connectivity index (χ3n) is 5.69. The first-order valence-corrected chi connectivity index (χ1v) is 10.3. The van der Waals surface area contributed by atoms with Crippen LogP contribution >= 0.6 is 15.9 Å². The molecule has 1 heterocycles. The number of ketones is 1. The van der Waals surface area contributed by atoms with Gasteiger partial charge in [0, 0.05) is 34.5 Å². The van der Waals surface area contributed by atoms with Crippen LogP contribution in [0.25, 0.3) is 0 Å². The molecule has 4 rings (SSSR count). The number of nitrogens with one attached hydrogen (secondary N) is 1. The van der Waals surface area contributed by atoms with Crippen molar-refractivity contribution in [3.8, 4) is 11.5 Å². The standard InChI is InChI=1S/C23H22BrNO4/c1-28-20-8-5-14(11-21(20)29-2)15-9-18-23(19(26)10-15)17(12-22(27)25-18)13-3-6-16(24)7-4-13/h3-8,11,15,17H,9-10,12H2,1-2H3,(H,25,27)/t15-,17+/m1/s1. The first kappa shape index (κ1) is 19.7. The van der Waals surface area contributed by atoms with Crippen LogP contribution in [0.2, 0.25) is 0 Å². The minimum Gasteiger partial charge on any atom is -0.493 e. The van der Waals surface area contributed by atoms with Gasteiger partial charge in [-0.25, -0.2) is 0 Å². The van der Waals surface area contributed by atoms with E-state index in [1.807, 2.05) is 42.5 Å². The molecule has 0 unspecified atom stereocenters. The van der Waals surface area contributed by atoms with Crippen LogP contribution < -0.4 is 14.8 Å². The third-order valence-corrected chi connectivity index (χ3v) is 6.22. The van der Waals surface area contributed by atoms with E-state index in [-0.39, 0.29) is 23.5 Å². The van der Waals surface area contributed by atoms with Crippen LogP contribution in [0.15, 0.2) is 58.2 Å². The van der Waals surface area contributed by atoms with Gasteiger partial charge in [-0.1, -0.05) is 34.1 Å². The summed E-state index contributed by atoms with van der Waals surface area (Å²) in [6.45, 7) is 0. The van der Waals surface area contributed by atoms with Gasteiger partial charge in [-0.05, 0) is 47.7 Å². The maximum absolute atomic E-state index is 13.2. The number of rotatable bonds is 4. The number of carbonyl (C=O) groups is 2. The molecule has 0 spiro atoms. The van der Waals surface area contributed by atoms with Gasteiger partial charge in [0.15, 0.2) is 17.3 Å². The van der Waals surface area contributed by atoms with Gasteiger partial charge >= 0.3 is 0 Å². The summed E-state index contributed by atoms with van der Waals surface area (Å²) < 4.78 is 11.7. The van der Waals surface area contributed by atoms with Crippen LogP contribution in [-0.4, -0.2) is 25.9 Å². The van der Waals surface area contributed by atoms with E-state index in [9.17, 15) is 9.59 Å². The second kappa shape index (κ2) is 8.03. The molecule has 0 saturated heterocycles. The molecule has 5 nitrogen and oxygen atoms in total. The Labute approximate surface area is 178 Å². The second-order valence-electron chi connectivity index (χ2n) is 7.39. The number of hydrogen-bond donors (Lipinski definition) is 1. The Balaban J connectivity index is 1.68. The SMILES string of the molecule is COc1ccc([C@H]2CC(=O)C3=C(C2)NC(=O)C[C@H]3c2ccc(Br)cc2)cc1OC. The zero-order valence-corrected chi connectivity index (χ0v) is 17.9. The predicted molar refractivity (Wildman–Crippen MR) is 113 cm³/mol. The summed E-state index contributed by atoms with van der Waals surface area (Å²) in [5, 5.41) is 2.97. The first-order chi connectivity index (χ1) is 14.0. The molecule has 150 valence electrons. The van der Waals surface area contributed by atoms with Crippen LogP contribution in [0.3, 0.4) is 0 Å². The van der Waals surface area contributed by atoms with Crippen molar-refractivity contribution in [3.05, 3.63) is 69.3 Å². The molecule has 0 aromatic heterocycles. The maximum Gasteiger partial charge on any atom is 0.225 e. The molecule has 1 N–H and O–H groups in total. The summed E-state index contributed by atoms with van der Waals surface area (Å²) in [6.07, 6.45) is 1.33. The van der Waals surface area contributed by atoms with Crippen LogP contribution in [0.5, 0.6) is 11.5 Å². The zero-order chi connectivity index (χ0) is 20.5.